The number of ether oxygens (including phenoxy) is 2. The van der Waals surface area contributed by atoms with Crippen LogP contribution in [0, 0.1) is 0 Å². The number of hydrogen-bond donors (Lipinski definition) is 0. The molecule has 0 aliphatic carbocycles. The smallest absolute Gasteiger partial charge is 0.157 e. The zero-order chi connectivity index (χ0) is 12.8. The van der Waals surface area contributed by atoms with Crippen molar-refractivity contribution >= 4 is 0 Å². The van der Waals surface area contributed by atoms with Crippen LogP contribution in [0.25, 0.3) is 0 Å². The molecule has 0 aliphatic rings. The van der Waals surface area contributed by atoms with E-state index in [4.69, 9.17) is 9.47 Å². The molecule has 0 saturated carbocycles. The van der Waals surface area contributed by atoms with Crippen molar-refractivity contribution in [2.45, 2.75) is 84.8 Å². The van der Waals surface area contributed by atoms with Gasteiger partial charge in [0.15, 0.2) is 6.29 Å². The maximum Gasteiger partial charge on any atom is 0.157 e. The minimum atomic E-state index is 0.0451. The van der Waals surface area contributed by atoms with Crippen LogP contribution in [0.3, 0.4) is 0 Å². The van der Waals surface area contributed by atoms with Crippen molar-refractivity contribution < 1.29 is 9.47 Å². The summed E-state index contributed by atoms with van der Waals surface area (Å²) in [5, 5.41) is 0. The molecule has 0 unspecified atom stereocenters. The van der Waals surface area contributed by atoms with Crippen molar-refractivity contribution in [3.63, 3.8) is 0 Å². The highest BCUT2D eigenvalue weighted by Crippen LogP contribution is 2.09. The van der Waals surface area contributed by atoms with E-state index in [-0.39, 0.29) is 6.29 Å². The summed E-state index contributed by atoms with van der Waals surface area (Å²) in [4.78, 5) is 0. The standard InChI is InChI=1S/C15H32O2/c1-4-7-10-13-16-15(12-9-6-3)17-14-11-8-5-2/h15H,4-14H2,1-3H3. The summed E-state index contributed by atoms with van der Waals surface area (Å²) < 4.78 is 11.6. The van der Waals surface area contributed by atoms with E-state index in [9.17, 15) is 0 Å². The Morgan fingerprint density at radius 3 is 1.53 bits per heavy atom. The van der Waals surface area contributed by atoms with Crippen molar-refractivity contribution in [1.82, 2.24) is 0 Å². The Kier molecular flexibility index (Phi) is 13.9. The Labute approximate surface area is 108 Å². The molecule has 0 fully saturated rings. The predicted octanol–water partition coefficient (Wildman–Crippen LogP) is 4.92. The predicted molar refractivity (Wildman–Crippen MR) is 74.3 cm³/mol. The van der Waals surface area contributed by atoms with Gasteiger partial charge in [-0.25, -0.2) is 0 Å². The highest BCUT2D eigenvalue weighted by atomic mass is 16.7. The minimum Gasteiger partial charge on any atom is -0.353 e. The lowest BCUT2D eigenvalue weighted by molar-refractivity contribution is -0.147. The molecule has 0 saturated heterocycles. The van der Waals surface area contributed by atoms with E-state index >= 15 is 0 Å². The Bertz CT molecular complexity index is 125. The maximum atomic E-state index is 5.80. The Balaban J connectivity index is 3.56. The summed E-state index contributed by atoms with van der Waals surface area (Å²) in [6.07, 6.45) is 10.9. The van der Waals surface area contributed by atoms with Gasteiger partial charge in [-0.3, -0.25) is 0 Å². The van der Waals surface area contributed by atoms with Crippen LogP contribution in [-0.4, -0.2) is 19.5 Å². The lowest BCUT2D eigenvalue weighted by Gasteiger charge is -2.18. The van der Waals surface area contributed by atoms with Gasteiger partial charge in [-0.15, -0.1) is 0 Å². The number of unbranched alkanes of at least 4 members (excludes halogenated alkanes) is 5. The quantitative estimate of drug-likeness (QED) is 0.338. The van der Waals surface area contributed by atoms with Crippen molar-refractivity contribution in [3.05, 3.63) is 0 Å². The van der Waals surface area contributed by atoms with Gasteiger partial charge >= 0.3 is 0 Å². The second kappa shape index (κ2) is 14.0. The van der Waals surface area contributed by atoms with E-state index in [0.717, 1.165) is 32.5 Å². The van der Waals surface area contributed by atoms with Crippen LogP contribution in [0.2, 0.25) is 0 Å². The van der Waals surface area contributed by atoms with Crippen molar-refractivity contribution in [2.75, 3.05) is 13.2 Å². The summed E-state index contributed by atoms with van der Waals surface area (Å²) in [6.45, 7) is 8.36. The molecule has 2 heteroatoms. The van der Waals surface area contributed by atoms with Crippen LogP contribution in [0.1, 0.15) is 78.6 Å². The fraction of sp³-hybridized carbons (Fsp3) is 1.00. The van der Waals surface area contributed by atoms with Gasteiger partial charge in [-0.05, 0) is 25.7 Å². The monoisotopic (exact) mass is 244 g/mol. The summed E-state index contributed by atoms with van der Waals surface area (Å²) in [5.74, 6) is 0. The molecule has 0 amide bonds. The molecule has 17 heavy (non-hydrogen) atoms. The molecule has 0 N–H and O–H groups in total. The fourth-order valence-electron chi connectivity index (χ4n) is 1.72. The van der Waals surface area contributed by atoms with Gasteiger partial charge in [0, 0.05) is 13.2 Å². The van der Waals surface area contributed by atoms with Gasteiger partial charge in [0.25, 0.3) is 0 Å². The first kappa shape index (κ1) is 16.9. The van der Waals surface area contributed by atoms with Gasteiger partial charge < -0.3 is 9.47 Å². The highest BCUT2D eigenvalue weighted by molar-refractivity contribution is 4.48. The van der Waals surface area contributed by atoms with Crippen molar-refractivity contribution in [2.24, 2.45) is 0 Å². The van der Waals surface area contributed by atoms with Crippen LogP contribution < -0.4 is 0 Å². The Morgan fingerprint density at radius 2 is 1.12 bits per heavy atom. The fourth-order valence-corrected chi connectivity index (χ4v) is 1.72. The van der Waals surface area contributed by atoms with Crippen molar-refractivity contribution in [3.8, 4) is 0 Å². The largest absolute Gasteiger partial charge is 0.353 e. The molecule has 0 radical (unpaired) electrons. The number of rotatable bonds is 13. The Hall–Kier alpha value is -0.0800. The van der Waals surface area contributed by atoms with Gasteiger partial charge in [-0.2, -0.15) is 0 Å². The van der Waals surface area contributed by atoms with Crippen molar-refractivity contribution in [1.29, 1.82) is 0 Å². The zero-order valence-electron chi connectivity index (χ0n) is 12.2. The lowest BCUT2D eigenvalue weighted by atomic mass is 10.2. The maximum absolute atomic E-state index is 5.80. The highest BCUT2D eigenvalue weighted by Gasteiger charge is 2.08. The molecule has 0 aromatic heterocycles. The normalized spacial score (nSPS) is 11.3. The number of hydrogen-bond acceptors (Lipinski definition) is 2. The molecule has 0 aromatic rings. The average molecular weight is 244 g/mol. The molecular weight excluding hydrogens is 212 g/mol. The molecule has 104 valence electrons. The second-order valence-electron chi connectivity index (χ2n) is 4.73. The van der Waals surface area contributed by atoms with Gasteiger partial charge in [-0.1, -0.05) is 52.9 Å². The second-order valence-corrected chi connectivity index (χ2v) is 4.73. The lowest BCUT2D eigenvalue weighted by Crippen LogP contribution is -2.18. The van der Waals surface area contributed by atoms with Crippen LogP contribution in [0.15, 0.2) is 0 Å². The molecule has 0 aromatic carbocycles. The van der Waals surface area contributed by atoms with E-state index in [0.29, 0.717) is 0 Å². The average Bonchev–Trinajstić information content (AvgIpc) is 2.35. The van der Waals surface area contributed by atoms with Crippen LogP contribution in [0.4, 0.5) is 0 Å². The van der Waals surface area contributed by atoms with Crippen LogP contribution in [0.5, 0.6) is 0 Å². The molecule has 0 atom stereocenters. The zero-order valence-corrected chi connectivity index (χ0v) is 12.2. The summed E-state index contributed by atoms with van der Waals surface area (Å²) >= 11 is 0. The molecule has 0 bridgehead atoms. The van der Waals surface area contributed by atoms with E-state index in [1.807, 2.05) is 0 Å². The van der Waals surface area contributed by atoms with Gasteiger partial charge in [0.2, 0.25) is 0 Å². The minimum absolute atomic E-state index is 0.0451. The van der Waals surface area contributed by atoms with Crippen LogP contribution >= 0.6 is 0 Å². The molecular formula is C15H32O2. The van der Waals surface area contributed by atoms with E-state index in [2.05, 4.69) is 20.8 Å². The summed E-state index contributed by atoms with van der Waals surface area (Å²) in [5.41, 5.74) is 0. The molecule has 2 nitrogen and oxygen atoms in total. The van der Waals surface area contributed by atoms with E-state index < -0.39 is 0 Å². The molecule has 0 aliphatic heterocycles. The third-order valence-electron chi connectivity index (χ3n) is 2.90. The summed E-state index contributed by atoms with van der Waals surface area (Å²) in [7, 11) is 0. The third-order valence-corrected chi connectivity index (χ3v) is 2.90. The summed E-state index contributed by atoms with van der Waals surface area (Å²) in [6, 6.07) is 0. The van der Waals surface area contributed by atoms with Crippen LogP contribution in [-0.2, 0) is 9.47 Å². The first-order chi connectivity index (χ1) is 8.35. The van der Waals surface area contributed by atoms with Gasteiger partial charge in [0.05, 0.1) is 0 Å². The topological polar surface area (TPSA) is 18.5 Å². The first-order valence-corrected chi connectivity index (χ1v) is 7.58. The molecule has 0 heterocycles. The SMILES string of the molecule is CCCCCOC(CCCC)OCCCCC. The third kappa shape index (κ3) is 12.2. The van der Waals surface area contributed by atoms with E-state index in [1.165, 1.54) is 38.5 Å². The first-order valence-electron chi connectivity index (χ1n) is 7.58. The Morgan fingerprint density at radius 1 is 0.647 bits per heavy atom. The van der Waals surface area contributed by atoms with E-state index in [1.54, 1.807) is 0 Å². The van der Waals surface area contributed by atoms with Gasteiger partial charge in [0.1, 0.15) is 0 Å². The molecule has 0 rings (SSSR count). The molecule has 0 spiro atoms.